The van der Waals surface area contributed by atoms with Gasteiger partial charge in [-0.3, -0.25) is 0 Å². The lowest BCUT2D eigenvalue weighted by molar-refractivity contribution is 0.629. The molecule has 10 heavy (non-hydrogen) atoms. The third kappa shape index (κ3) is 4.00. The molecule has 0 unspecified atom stereocenters. The molecule has 0 aliphatic rings. The van der Waals surface area contributed by atoms with Crippen LogP contribution in [0.25, 0.3) is 0 Å². The molecule has 0 saturated heterocycles. The summed E-state index contributed by atoms with van der Waals surface area (Å²) in [5, 5.41) is 11.0. The topological polar surface area (TPSA) is 43.6 Å². The van der Waals surface area contributed by atoms with Gasteiger partial charge in [0.2, 0.25) is 0 Å². The molecule has 1 aromatic heterocycles. The largest absolute Gasteiger partial charge is 0.171 e. The Kier molecular flexibility index (Phi) is 4.45. The summed E-state index contributed by atoms with van der Waals surface area (Å²) < 4.78 is 0. The Morgan fingerprint density at radius 3 is 2.00 bits per heavy atom. The molecule has 0 N–H and O–H groups in total. The summed E-state index contributed by atoms with van der Waals surface area (Å²) in [5.41, 5.74) is 0. The van der Waals surface area contributed by atoms with E-state index in [4.69, 9.17) is 0 Å². The maximum absolute atomic E-state index is 3.81. The van der Waals surface area contributed by atoms with E-state index in [-0.39, 0.29) is 0 Å². The first-order valence-electron chi connectivity index (χ1n) is 3.41. The van der Waals surface area contributed by atoms with Crippen molar-refractivity contribution in [2.45, 2.75) is 27.2 Å². The zero-order valence-corrected chi connectivity index (χ0v) is 7.00. The highest BCUT2D eigenvalue weighted by atomic mass is 15.6. The fourth-order valence-corrected chi connectivity index (χ4v) is 0.379. The van der Waals surface area contributed by atoms with Crippen molar-refractivity contribution in [2.75, 3.05) is 0 Å². The van der Waals surface area contributed by atoms with Gasteiger partial charge < -0.3 is 0 Å². The van der Waals surface area contributed by atoms with Crippen LogP contribution in [0.2, 0.25) is 0 Å². The summed E-state index contributed by atoms with van der Waals surface area (Å²) in [6.45, 7) is 6.05. The van der Waals surface area contributed by atoms with Crippen LogP contribution in [-0.4, -0.2) is 20.2 Å². The third-order valence-corrected chi connectivity index (χ3v) is 0.608. The Morgan fingerprint density at radius 1 is 1.40 bits per heavy atom. The lowest BCUT2D eigenvalue weighted by Gasteiger charge is -1.73. The van der Waals surface area contributed by atoms with Gasteiger partial charge in [-0.15, -0.1) is 10.2 Å². The molecule has 0 fully saturated rings. The summed E-state index contributed by atoms with van der Waals surface area (Å²) in [4.78, 5) is 1.43. The van der Waals surface area contributed by atoms with Crippen molar-refractivity contribution in [1.82, 2.24) is 20.2 Å². The van der Waals surface area contributed by atoms with Gasteiger partial charge in [0.25, 0.3) is 0 Å². The number of tetrazole rings is 1. The second kappa shape index (κ2) is 4.90. The van der Waals surface area contributed by atoms with E-state index < -0.39 is 0 Å². The molecular formula is C6H14N4. The van der Waals surface area contributed by atoms with E-state index in [1.165, 1.54) is 11.2 Å². The lowest BCUT2D eigenvalue weighted by atomic mass is 10.6. The average molecular weight is 142 g/mol. The van der Waals surface area contributed by atoms with Crippen molar-refractivity contribution >= 4 is 0 Å². The quantitative estimate of drug-likeness (QED) is 0.541. The second-order valence-electron chi connectivity index (χ2n) is 2.03. The molecule has 58 valence electrons. The van der Waals surface area contributed by atoms with Crippen LogP contribution in [0.3, 0.4) is 0 Å². The summed E-state index contributed by atoms with van der Waals surface area (Å²) in [6.07, 6.45) is 1.25. The highest BCUT2D eigenvalue weighted by Crippen LogP contribution is 1.74. The van der Waals surface area contributed by atoms with Crippen LogP contribution in [0.5, 0.6) is 0 Å². The minimum atomic E-state index is 0.711. The number of aromatic nitrogens is 4. The summed E-state index contributed by atoms with van der Waals surface area (Å²) in [5.74, 6) is 0.711. The number of aryl methyl sites for hydroxylation is 2. The minimum absolute atomic E-state index is 0.711. The van der Waals surface area contributed by atoms with Crippen LogP contribution >= 0.6 is 0 Å². The van der Waals surface area contributed by atoms with E-state index in [2.05, 4.69) is 29.3 Å². The third-order valence-electron chi connectivity index (χ3n) is 0.608. The fourth-order valence-electron chi connectivity index (χ4n) is 0.379. The van der Waals surface area contributed by atoms with Gasteiger partial charge in [0.1, 0.15) is 0 Å². The van der Waals surface area contributed by atoms with E-state index in [0.29, 0.717) is 5.82 Å². The molecule has 0 aliphatic carbocycles. The molecule has 4 nitrogen and oxygen atoms in total. The molecule has 0 saturated carbocycles. The zero-order valence-electron chi connectivity index (χ0n) is 7.00. The van der Waals surface area contributed by atoms with Crippen molar-refractivity contribution in [3.05, 3.63) is 5.82 Å². The Balaban J connectivity index is 0.000000236. The second-order valence-corrected chi connectivity index (χ2v) is 2.03. The molecule has 1 rings (SSSR count). The number of hydrogen-bond acceptors (Lipinski definition) is 3. The van der Waals surface area contributed by atoms with Gasteiger partial charge in [0.05, 0.1) is 7.05 Å². The molecule has 0 atom stereocenters. The standard InChI is InChI=1S/C3H6N4.C3H8/c1-3-4-6-7(2)5-3;1-3-2/h1-2H3;3H2,1-2H3. The molecule has 0 spiro atoms. The maximum atomic E-state index is 3.81. The first-order valence-corrected chi connectivity index (χ1v) is 3.41. The smallest absolute Gasteiger partial charge is 0.167 e. The Labute approximate surface area is 61.2 Å². The van der Waals surface area contributed by atoms with Crippen LogP contribution in [0.4, 0.5) is 0 Å². The maximum Gasteiger partial charge on any atom is 0.171 e. The van der Waals surface area contributed by atoms with Crippen molar-refractivity contribution in [3.63, 3.8) is 0 Å². The monoisotopic (exact) mass is 142 g/mol. The molecule has 1 aromatic rings. The first-order chi connectivity index (χ1) is 4.70. The lowest BCUT2D eigenvalue weighted by Crippen LogP contribution is -1.91. The zero-order chi connectivity index (χ0) is 7.98. The van der Waals surface area contributed by atoms with Crippen LogP contribution in [0, 0.1) is 6.92 Å². The number of hydrogen-bond donors (Lipinski definition) is 0. The predicted molar refractivity (Wildman–Crippen MR) is 39.5 cm³/mol. The van der Waals surface area contributed by atoms with Crippen molar-refractivity contribution < 1.29 is 0 Å². The molecule has 0 bridgehead atoms. The van der Waals surface area contributed by atoms with Crippen molar-refractivity contribution in [2.24, 2.45) is 7.05 Å². The van der Waals surface area contributed by atoms with Crippen molar-refractivity contribution in [1.29, 1.82) is 0 Å². The first kappa shape index (κ1) is 9.07. The molecule has 0 aliphatic heterocycles. The van der Waals surface area contributed by atoms with Gasteiger partial charge in [-0.1, -0.05) is 20.3 Å². The van der Waals surface area contributed by atoms with Gasteiger partial charge in [0.15, 0.2) is 5.82 Å². The Bertz CT molecular complexity index is 154. The Morgan fingerprint density at radius 2 is 1.90 bits per heavy atom. The molecule has 1 heterocycles. The Hall–Kier alpha value is -0.930. The molecule has 4 heteroatoms. The van der Waals surface area contributed by atoms with E-state index in [1.54, 1.807) is 14.0 Å². The predicted octanol–water partition coefficient (Wildman–Crippen LogP) is 0.935. The van der Waals surface area contributed by atoms with Crippen molar-refractivity contribution in [3.8, 4) is 0 Å². The summed E-state index contributed by atoms with van der Waals surface area (Å²) in [6, 6.07) is 0. The molecule has 0 radical (unpaired) electrons. The van der Waals surface area contributed by atoms with Gasteiger partial charge in [-0.2, -0.15) is 4.80 Å². The van der Waals surface area contributed by atoms with Gasteiger partial charge in [-0.25, -0.2) is 0 Å². The summed E-state index contributed by atoms with van der Waals surface area (Å²) in [7, 11) is 1.74. The molecular weight excluding hydrogens is 128 g/mol. The number of nitrogens with zero attached hydrogens (tertiary/aromatic N) is 4. The highest BCUT2D eigenvalue weighted by molar-refractivity contribution is 4.65. The van der Waals surface area contributed by atoms with Crippen LogP contribution < -0.4 is 0 Å². The fraction of sp³-hybridized carbons (Fsp3) is 0.833. The van der Waals surface area contributed by atoms with Gasteiger partial charge in [-0.05, 0) is 12.1 Å². The normalized spacial score (nSPS) is 8.40. The molecule has 0 amide bonds. The van der Waals surface area contributed by atoms with Crippen LogP contribution in [0.15, 0.2) is 0 Å². The summed E-state index contributed by atoms with van der Waals surface area (Å²) >= 11 is 0. The van der Waals surface area contributed by atoms with E-state index in [0.717, 1.165) is 0 Å². The minimum Gasteiger partial charge on any atom is -0.167 e. The number of rotatable bonds is 0. The van der Waals surface area contributed by atoms with Crippen LogP contribution in [-0.2, 0) is 7.05 Å². The van der Waals surface area contributed by atoms with Gasteiger partial charge in [0, 0.05) is 0 Å². The SMILES string of the molecule is CCC.Cc1nnn(C)n1. The van der Waals surface area contributed by atoms with Gasteiger partial charge >= 0.3 is 0 Å². The molecule has 0 aromatic carbocycles. The highest BCUT2D eigenvalue weighted by Gasteiger charge is 1.85. The van der Waals surface area contributed by atoms with Crippen LogP contribution in [0.1, 0.15) is 26.1 Å². The van der Waals surface area contributed by atoms with E-state index in [1.807, 2.05) is 0 Å². The average Bonchev–Trinajstić information content (AvgIpc) is 2.17. The van der Waals surface area contributed by atoms with E-state index >= 15 is 0 Å². The van der Waals surface area contributed by atoms with E-state index in [9.17, 15) is 0 Å².